The van der Waals surface area contributed by atoms with Gasteiger partial charge in [0.2, 0.25) is 5.91 Å². The first-order chi connectivity index (χ1) is 9.65. The first-order valence-electron chi connectivity index (χ1n) is 6.58. The molecule has 0 fully saturated rings. The number of carbonyl (C=O) groups is 1. The maximum absolute atomic E-state index is 11.8. The van der Waals surface area contributed by atoms with Crippen LogP contribution in [0, 0.1) is 13.8 Å². The van der Waals surface area contributed by atoms with E-state index < -0.39 is 0 Å². The Labute approximate surface area is 119 Å². The lowest BCUT2D eigenvalue weighted by molar-refractivity contribution is -0.120. The molecule has 0 heterocycles. The molecule has 3 nitrogen and oxygen atoms in total. The Morgan fingerprint density at radius 1 is 1.15 bits per heavy atom. The summed E-state index contributed by atoms with van der Waals surface area (Å²) >= 11 is 0. The fraction of sp³-hybridized carbons (Fsp3) is 0.176. The first-order valence-corrected chi connectivity index (χ1v) is 6.58. The van der Waals surface area contributed by atoms with E-state index in [9.17, 15) is 4.79 Å². The van der Waals surface area contributed by atoms with Crippen molar-refractivity contribution in [2.45, 2.75) is 20.3 Å². The van der Waals surface area contributed by atoms with Gasteiger partial charge in [0.25, 0.3) is 0 Å². The van der Waals surface area contributed by atoms with Gasteiger partial charge in [0, 0.05) is 0 Å². The second kappa shape index (κ2) is 6.66. The third-order valence-corrected chi connectivity index (χ3v) is 3.05. The van der Waals surface area contributed by atoms with Gasteiger partial charge in [0.1, 0.15) is 0 Å². The van der Waals surface area contributed by atoms with Gasteiger partial charge in [0.05, 0.1) is 12.6 Å². The van der Waals surface area contributed by atoms with Crippen LogP contribution in [-0.4, -0.2) is 12.1 Å². The van der Waals surface area contributed by atoms with Crippen LogP contribution in [0.4, 0.5) is 0 Å². The number of nitrogens with one attached hydrogen (secondary N) is 1. The zero-order valence-electron chi connectivity index (χ0n) is 11.8. The van der Waals surface area contributed by atoms with Crippen LogP contribution in [0.15, 0.2) is 53.6 Å². The van der Waals surface area contributed by atoms with Crippen molar-refractivity contribution in [2.75, 3.05) is 0 Å². The molecule has 2 rings (SSSR count). The van der Waals surface area contributed by atoms with E-state index in [1.165, 1.54) is 5.56 Å². The Morgan fingerprint density at radius 3 is 2.60 bits per heavy atom. The summed E-state index contributed by atoms with van der Waals surface area (Å²) in [4.78, 5) is 11.8. The molecule has 20 heavy (non-hydrogen) atoms. The molecule has 0 unspecified atom stereocenters. The fourth-order valence-corrected chi connectivity index (χ4v) is 1.97. The molecule has 102 valence electrons. The minimum absolute atomic E-state index is 0.107. The third-order valence-electron chi connectivity index (χ3n) is 3.05. The molecule has 0 saturated heterocycles. The molecule has 0 bridgehead atoms. The van der Waals surface area contributed by atoms with Gasteiger partial charge in [-0.25, -0.2) is 5.43 Å². The van der Waals surface area contributed by atoms with Crippen LogP contribution in [-0.2, 0) is 11.2 Å². The SMILES string of the molecule is Cc1ccc(CC(=O)N/N=C/c2ccccc2)c(C)c1. The average molecular weight is 266 g/mol. The van der Waals surface area contributed by atoms with Crippen LogP contribution in [0.1, 0.15) is 22.3 Å². The van der Waals surface area contributed by atoms with Crippen molar-refractivity contribution in [3.05, 3.63) is 70.8 Å². The van der Waals surface area contributed by atoms with E-state index in [2.05, 4.69) is 16.6 Å². The number of hydrogen-bond acceptors (Lipinski definition) is 2. The van der Waals surface area contributed by atoms with Gasteiger partial charge in [-0.05, 0) is 30.5 Å². The van der Waals surface area contributed by atoms with Gasteiger partial charge < -0.3 is 0 Å². The molecule has 2 aromatic carbocycles. The largest absolute Gasteiger partial charge is 0.273 e. The highest BCUT2D eigenvalue weighted by Gasteiger charge is 2.04. The molecule has 2 aromatic rings. The normalized spacial score (nSPS) is 10.7. The monoisotopic (exact) mass is 266 g/mol. The van der Waals surface area contributed by atoms with Crippen LogP contribution in [0.3, 0.4) is 0 Å². The van der Waals surface area contributed by atoms with Crippen molar-refractivity contribution in [3.8, 4) is 0 Å². The Balaban J connectivity index is 1.91. The average Bonchev–Trinajstić information content (AvgIpc) is 2.43. The quantitative estimate of drug-likeness (QED) is 0.671. The molecule has 0 aliphatic rings. The number of carbonyl (C=O) groups excluding carboxylic acids is 1. The number of benzene rings is 2. The van der Waals surface area contributed by atoms with E-state index in [1.54, 1.807) is 6.21 Å². The lowest BCUT2D eigenvalue weighted by Crippen LogP contribution is -2.20. The summed E-state index contributed by atoms with van der Waals surface area (Å²) in [5, 5.41) is 3.96. The van der Waals surface area contributed by atoms with Gasteiger partial charge in [-0.1, -0.05) is 54.1 Å². The van der Waals surface area contributed by atoms with Crippen molar-refractivity contribution in [1.29, 1.82) is 0 Å². The molecule has 0 atom stereocenters. The van der Waals surface area contributed by atoms with Gasteiger partial charge >= 0.3 is 0 Å². The molecular formula is C17H18N2O. The van der Waals surface area contributed by atoms with Gasteiger partial charge in [0.15, 0.2) is 0 Å². The molecule has 0 radical (unpaired) electrons. The summed E-state index contributed by atoms with van der Waals surface area (Å²) in [5.74, 6) is -0.107. The summed E-state index contributed by atoms with van der Waals surface area (Å²) in [6.07, 6.45) is 1.98. The molecule has 3 heteroatoms. The number of hydrazone groups is 1. The highest BCUT2D eigenvalue weighted by Crippen LogP contribution is 2.10. The van der Waals surface area contributed by atoms with Gasteiger partial charge in [-0.15, -0.1) is 0 Å². The number of aryl methyl sites for hydroxylation is 2. The Kier molecular flexibility index (Phi) is 4.66. The number of hydrogen-bond donors (Lipinski definition) is 1. The van der Waals surface area contributed by atoms with Crippen molar-refractivity contribution < 1.29 is 4.79 Å². The van der Waals surface area contributed by atoms with E-state index in [4.69, 9.17) is 0 Å². The van der Waals surface area contributed by atoms with Crippen molar-refractivity contribution >= 4 is 12.1 Å². The van der Waals surface area contributed by atoms with Crippen LogP contribution in [0.2, 0.25) is 0 Å². The van der Waals surface area contributed by atoms with Gasteiger partial charge in [-0.2, -0.15) is 5.10 Å². The van der Waals surface area contributed by atoms with Crippen LogP contribution < -0.4 is 5.43 Å². The summed E-state index contributed by atoms with van der Waals surface area (Å²) in [7, 11) is 0. The van der Waals surface area contributed by atoms with E-state index in [0.717, 1.165) is 16.7 Å². The lowest BCUT2D eigenvalue weighted by Gasteiger charge is -2.05. The minimum atomic E-state index is -0.107. The Hall–Kier alpha value is -2.42. The van der Waals surface area contributed by atoms with Crippen molar-refractivity contribution in [2.24, 2.45) is 5.10 Å². The molecular weight excluding hydrogens is 248 g/mol. The minimum Gasteiger partial charge on any atom is -0.273 e. The number of amides is 1. The summed E-state index contributed by atoms with van der Waals surface area (Å²) < 4.78 is 0. The Morgan fingerprint density at radius 2 is 1.90 bits per heavy atom. The maximum atomic E-state index is 11.8. The molecule has 0 spiro atoms. The smallest absolute Gasteiger partial charge is 0.244 e. The Bertz CT molecular complexity index is 618. The topological polar surface area (TPSA) is 41.5 Å². The van der Waals surface area contributed by atoms with E-state index in [1.807, 2.05) is 56.3 Å². The van der Waals surface area contributed by atoms with E-state index in [0.29, 0.717) is 6.42 Å². The molecule has 0 aliphatic heterocycles. The highest BCUT2D eigenvalue weighted by molar-refractivity contribution is 5.83. The van der Waals surface area contributed by atoms with Crippen molar-refractivity contribution in [3.63, 3.8) is 0 Å². The predicted octanol–water partition coefficient (Wildman–Crippen LogP) is 3.00. The lowest BCUT2D eigenvalue weighted by atomic mass is 10.0. The molecule has 0 aromatic heterocycles. The van der Waals surface area contributed by atoms with Crippen molar-refractivity contribution in [1.82, 2.24) is 5.43 Å². The van der Waals surface area contributed by atoms with Crippen LogP contribution in [0.25, 0.3) is 0 Å². The standard InChI is InChI=1S/C17H18N2O/c1-13-8-9-16(14(2)10-13)11-17(20)19-18-12-15-6-4-3-5-7-15/h3-10,12H,11H2,1-2H3,(H,19,20)/b18-12+. The van der Waals surface area contributed by atoms with E-state index in [-0.39, 0.29) is 5.91 Å². The predicted molar refractivity (Wildman–Crippen MR) is 81.8 cm³/mol. The van der Waals surface area contributed by atoms with Crippen LogP contribution >= 0.6 is 0 Å². The number of rotatable bonds is 4. The van der Waals surface area contributed by atoms with Crippen LogP contribution in [0.5, 0.6) is 0 Å². The molecule has 0 saturated carbocycles. The summed E-state index contributed by atoms with van der Waals surface area (Å²) in [6, 6.07) is 15.7. The molecule has 1 N–H and O–H groups in total. The molecule has 1 amide bonds. The zero-order valence-corrected chi connectivity index (χ0v) is 11.8. The first kappa shape index (κ1) is 14.0. The van der Waals surface area contributed by atoms with E-state index >= 15 is 0 Å². The maximum Gasteiger partial charge on any atom is 0.244 e. The second-order valence-electron chi connectivity index (χ2n) is 4.81. The number of nitrogens with zero attached hydrogens (tertiary/aromatic N) is 1. The molecule has 0 aliphatic carbocycles. The summed E-state index contributed by atoms with van der Waals surface area (Å²) in [6.45, 7) is 4.06. The fourth-order valence-electron chi connectivity index (χ4n) is 1.97. The second-order valence-corrected chi connectivity index (χ2v) is 4.81. The zero-order chi connectivity index (χ0) is 14.4. The summed E-state index contributed by atoms with van der Waals surface area (Å²) in [5.41, 5.74) is 6.87. The third kappa shape index (κ3) is 4.05. The van der Waals surface area contributed by atoms with Gasteiger partial charge in [-0.3, -0.25) is 4.79 Å². The highest BCUT2D eigenvalue weighted by atomic mass is 16.2.